The quantitative estimate of drug-likeness (QED) is 0.817. The maximum absolute atomic E-state index is 12.1. The highest BCUT2D eigenvalue weighted by atomic mass is 32.1. The van der Waals surface area contributed by atoms with Crippen LogP contribution in [-0.2, 0) is 16.0 Å². The van der Waals surface area contributed by atoms with Crippen LogP contribution in [-0.4, -0.2) is 31.1 Å². The van der Waals surface area contributed by atoms with Gasteiger partial charge in [0.15, 0.2) is 0 Å². The minimum Gasteiger partial charge on any atom is -0.462 e. The van der Waals surface area contributed by atoms with E-state index in [0.717, 1.165) is 30.7 Å². The summed E-state index contributed by atoms with van der Waals surface area (Å²) >= 11 is 1.44. The zero-order valence-corrected chi connectivity index (χ0v) is 12.6. The number of carbonyl (C=O) groups excluding carboxylic acids is 2. The number of aryl methyl sites for hydroxylation is 1. The number of esters is 1. The molecule has 20 heavy (non-hydrogen) atoms. The van der Waals surface area contributed by atoms with Gasteiger partial charge in [0.25, 0.3) is 0 Å². The van der Waals surface area contributed by atoms with Gasteiger partial charge < -0.3 is 15.4 Å². The van der Waals surface area contributed by atoms with Crippen LogP contribution in [0.3, 0.4) is 0 Å². The van der Waals surface area contributed by atoms with Crippen molar-refractivity contribution in [1.82, 2.24) is 5.32 Å². The van der Waals surface area contributed by atoms with Gasteiger partial charge in [0, 0.05) is 4.88 Å². The largest absolute Gasteiger partial charge is 0.462 e. The fraction of sp³-hybridized carbons (Fsp3) is 0.571. The first-order valence-corrected chi connectivity index (χ1v) is 7.81. The Morgan fingerprint density at radius 1 is 1.50 bits per heavy atom. The van der Waals surface area contributed by atoms with Gasteiger partial charge in [-0.05, 0) is 38.8 Å². The molecule has 0 bridgehead atoms. The van der Waals surface area contributed by atoms with Crippen LogP contribution in [0.2, 0.25) is 0 Å². The molecule has 110 valence electrons. The molecule has 2 rings (SSSR count). The monoisotopic (exact) mass is 296 g/mol. The summed E-state index contributed by atoms with van der Waals surface area (Å²) in [7, 11) is 0. The summed E-state index contributed by atoms with van der Waals surface area (Å²) in [5.74, 6) is -0.448. The Hall–Kier alpha value is -1.40. The second-order valence-corrected chi connectivity index (χ2v) is 5.80. The molecule has 0 spiro atoms. The number of hydrogen-bond acceptors (Lipinski definition) is 5. The first-order valence-electron chi connectivity index (χ1n) is 6.99. The van der Waals surface area contributed by atoms with Gasteiger partial charge >= 0.3 is 5.97 Å². The van der Waals surface area contributed by atoms with E-state index < -0.39 is 0 Å². The zero-order valence-electron chi connectivity index (χ0n) is 11.8. The van der Waals surface area contributed by atoms with Gasteiger partial charge in [0.1, 0.15) is 5.00 Å². The molecule has 5 nitrogen and oxygen atoms in total. The lowest BCUT2D eigenvalue weighted by Gasteiger charge is -2.10. The smallest absolute Gasteiger partial charge is 0.341 e. The van der Waals surface area contributed by atoms with E-state index >= 15 is 0 Å². The molecule has 0 saturated carbocycles. The van der Waals surface area contributed by atoms with Crippen molar-refractivity contribution in [3.8, 4) is 0 Å². The molecule has 1 amide bonds. The number of thiophene rings is 1. The molecular weight excluding hydrogens is 276 g/mol. The predicted molar refractivity (Wildman–Crippen MR) is 79.3 cm³/mol. The molecule has 1 aromatic rings. The van der Waals surface area contributed by atoms with E-state index in [4.69, 9.17) is 4.74 Å². The second kappa shape index (κ2) is 6.85. The van der Waals surface area contributed by atoms with Gasteiger partial charge in [-0.25, -0.2) is 4.79 Å². The van der Waals surface area contributed by atoms with Gasteiger partial charge in [0.2, 0.25) is 5.91 Å². The van der Waals surface area contributed by atoms with Gasteiger partial charge in [0.05, 0.1) is 18.2 Å². The molecular formula is C14H20N2O3S. The van der Waals surface area contributed by atoms with Crippen LogP contribution in [0.5, 0.6) is 0 Å². The van der Waals surface area contributed by atoms with Crippen LogP contribution < -0.4 is 10.6 Å². The van der Waals surface area contributed by atoms with Crippen molar-refractivity contribution in [2.24, 2.45) is 0 Å². The molecule has 0 unspecified atom stereocenters. The van der Waals surface area contributed by atoms with E-state index in [1.807, 2.05) is 6.92 Å². The van der Waals surface area contributed by atoms with E-state index in [9.17, 15) is 9.59 Å². The highest BCUT2D eigenvalue weighted by Gasteiger charge is 2.25. The summed E-state index contributed by atoms with van der Waals surface area (Å²) in [6.07, 6.45) is 2.68. The van der Waals surface area contributed by atoms with Crippen molar-refractivity contribution in [2.75, 3.05) is 18.5 Å². The first-order chi connectivity index (χ1) is 9.65. The second-order valence-electron chi connectivity index (χ2n) is 4.67. The van der Waals surface area contributed by atoms with E-state index in [0.29, 0.717) is 17.2 Å². The van der Waals surface area contributed by atoms with Crippen LogP contribution in [0.25, 0.3) is 0 Å². The number of amides is 1. The molecule has 1 atom stereocenters. The van der Waals surface area contributed by atoms with E-state index in [1.165, 1.54) is 11.3 Å². The molecule has 6 heteroatoms. The third-order valence-corrected chi connectivity index (χ3v) is 4.44. The Kier molecular flexibility index (Phi) is 5.14. The number of ether oxygens (including phenoxy) is 1. The van der Waals surface area contributed by atoms with Gasteiger partial charge in [-0.3, -0.25) is 4.79 Å². The van der Waals surface area contributed by atoms with Crippen LogP contribution in [0.1, 0.15) is 41.9 Å². The highest BCUT2D eigenvalue weighted by molar-refractivity contribution is 7.16. The van der Waals surface area contributed by atoms with Crippen molar-refractivity contribution in [3.05, 3.63) is 16.5 Å². The maximum Gasteiger partial charge on any atom is 0.341 e. The standard InChI is InChI=1S/C14H20N2O3S/c1-3-9-8-10(14(18)19-4-2)13(20-9)16-12(17)11-6-5-7-15-11/h8,11,15H,3-7H2,1-2H3,(H,16,17)/t11-/m1/s1. The molecule has 2 N–H and O–H groups in total. The molecule has 0 aliphatic carbocycles. The maximum atomic E-state index is 12.1. The Morgan fingerprint density at radius 2 is 2.30 bits per heavy atom. The summed E-state index contributed by atoms with van der Waals surface area (Å²) in [6.45, 7) is 4.98. The van der Waals surface area contributed by atoms with Crippen molar-refractivity contribution < 1.29 is 14.3 Å². The van der Waals surface area contributed by atoms with E-state index in [1.54, 1.807) is 13.0 Å². The average molecular weight is 296 g/mol. The molecule has 1 saturated heterocycles. The van der Waals surface area contributed by atoms with Gasteiger partial charge in [-0.15, -0.1) is 11.3 Å². The van der Waals surface area contributed by atoms with Crippen LogP contribution >= 0.6 is 11.3 Å². The fourth-order valence-corrected chi connectivity index (χ4v) is 3.16. The summed E-state index contributed by atoms with van der Waals surface area (Å²) in [6, 6.07) is 1.65. The summed E-state index contributed by atoms with van der Waals surface area (Å²) in [5.41, 5.74) is 0.458. The van der Waals surface area contributed by atoms with Crippen molar-refractivity contribution in [2.45, 2.75) is 39.2 Å². The molecule has 0 aromatic carbocycles. The van der Waals surface area contributed by atoms with Crippen LogP contribution in [0, 0.1) is 0 Å². The average Bonchev–Trinajstić information content (AvgIpc) is 3.08. The minimum absolute atomic E-state index is 0.0717. The number of rotatable bonds is 5. The van der Waals surface area contributed by atoms with Gasteiger partial charge in [-0.2, -0.15) is 0 Å². The van der Waals surface area contributed by atoms with Crippen molar-refractivity contribution in [3.63, 3.8) is 0 Å². The third-order valence-electron chi connectivity index (χ3n) is 3.24. The first kappa shape index (κ1) is 15.0. The molecule has 1 aliphatic heterocycles. The SMILES string of the molecule is CCOC(=O)c1cc(CC)sc1NC(=O)[C@H]1CCCN1. The Morgan fingerprint density at radius 3 is 2.90 bits per heavy atom. The summed E-state index contributed by atoms with van der Waals surface area (Å²) in [4.78, 5) is 25.1. The number of hydrogen-bond donors (Lipinski definition) is 2. The zero-order chi connectivity index (χ0) is 14.5. The van der Waals surface area contributed by atoms with Crippen molar-refractivity contribution >= 4 is 28.2 Å². The Bertz CT molecular complexity index is 493. The van der Waals surface area contributed by atoms with E-state index in [2.05, 4.69) is 10.6 Å². The number of carbonyl (C=O) groups is 2. The number of anilines is 1. The predicted octanol–water partition coefficient (Wildman–Crippen LogP) is 2.18. The van der Waals surface area contributed by atoms with Crippen molar-refractivity contribution in [1.29, 1.82) is 0 Å². The summed E-state index contributed by atoms with van der Waals surface area (Å²) in [5, 5.41) is 6.61. The van der Waals surface area contributed by atoms with Crippen LogP contribution in [0.4, 0.5) is 5.00 Å². The number of nitrogens with one attached hydrogen (secondary N) is 2. The summed E-state index contributed by atoms with van der Waals surface area (Å²) < 4.78 is 5.03. The topological polar surface area (TPSA) is 67.4 Å². The van der Waals surface area contributed by atoms with Gasteiger partial charge in [-0.1, -0.05) is 6.92 Å². The molecule has 1 fully saturated rings. The van der Waals surface area contributed by atoms with E-state index in [-0.39, 0.29) is 17.9 Å². The lowest BCUT2D eigenvalue weighted by atomic mass is 10.2. The molecule has 1 aliphatic rings. The normalized spacial score (nSPS) is 18.0. The Balaban J connectivity index is 2.14. The molecule has 2 heterocycles. The molecule has 1 aromatic heterocycles. The molecule has 0 radical (unpaired) electrons. The lowest BCUT2D eigenvalue weighted by molar-refractivity contribution is -0.117. The highest BCUT2D eigenvalue weighted by Crippen LogP contribution is 2.29. The van der Waals surface area contributed by atoms with Crippen LogP contribution in [0.15, 0.2) is 6.07 Å². The third kappa shape index (κ3) is 3.37. The lowest BCUT2D eigenvalue weighted by Crippen LogP contribution is -2.35. The fourth-order valence-electron chi connectivity index (χ4n) is 2.18. The minimum atomic E-state index is -0.377. The Labute approximate surface area is 122 Å².